The van der Waals surface area contributed by atoms with Gasteiger partial charge in [0.2, 0.25) is 0 Å². The second-order valence-electron chi connectivity index (χ2n) is 1.55. The van der Waals surface area contributed by atoms with Crippen LogP contribution in [0.25, 0.3) is 0 Å². The lowest BCUT2D eigenvalue weighted by atomic mass is 10.4. The van der Waals surface area contributed by atoms with E-state index >= 15 is 0 Å². The van der Waals surface area contributed by atoms with Crippen molar-refractivity contribution in [2.75, 3.05) is 6.54 Å². The monoisotopic (exact) mass is 102 g/mol. The van der Waals surface area contributed by atoms with Crippen LogP contribution in [0.4, 0.5) is 0 Å². The van der Waals surface area contributed by atoms with Gasteiger partial charge in [0, 0.05) is 13.1 Å². The molecule has 1 atom stereocenters. The third kappa shape index (κ3) is 5.92. The normalized spacial score (nSPS) is 14.1. The maximum Gasteiger partial charge on any atom is 0.0636 e. The summed E-state index contributed by atoms with van der Waals surface area (Å²) in [7, 11) is 0. The van der Waals surface area contributed by atoms with Gasteiger partial charge in [0.25, 0.3) is 0 Å². The Balaban J connectivity index is 2.68. The summed E-state index contributed by atoms with van der Waals surface area (Å²) in [4.78, 5) is 0. The average molecular weight is 102 g/mol. The summed E-state index contributed by atoms with van der Waals surface area (Å²) in [6.45, 7) is 6.10. The summed E-state index contributed by atoms with van der Waals surface area (Å²) in [5.41, 5.74) is 0. The fraction of sp³-hybridized carbons (Fsp3) is 0.800. The molecule has 0 bridgehead atoms. The lowest BCUT2D eigenvalue weighted by Crippen LogP contribution is -2.20. The summed E-state index contributed by atoms with van der Waals surface area (Å²) in [5.74, 6) is 0. The molecule has 2 nitrogen and oxygen atoms in total. The Morgan fingerprint density at radius 1 is 1.86 bits per heavy atom. The van der Waals surface area contributed by atoms with Crippen LogP contribution in [0.5, 0.6) is 0 Å². The molecule has 0 aliphatic heterocycles. The number of aliphatic hydroxyl groups excluding tert-OH is 1. The molecule has 0 aliphatic rings. The first kappa shape index (κ1) is 6.92. The van der Waals surface area contributed by atoms with Gasteiger partial charge < -0.3 is 10.4 Å². The van der Waals surface area contributed by atoms with E-state index in [0.29, 0.717) is 6.54 Å². The Kier molecular flexibility index (Phi) is 4.04. The van der Waals surface area contributed by atoms with Crippen molar-refractivity contribution in [2.24, 2.45) is 0 Å². The van der Waals surface area contributed by atoms with Gasteiger partial charge in [0.05, 0.1) is 6.10 Å². The van der Waals surface area contributed by atoms with E-state index in [-0.39, 0.29) is 6.10 Å². The van der Waals surface area contributed by atoms with E-state index in [0.717, 1.165) is 0 Å². The van der Waals surface area contributed by atoms with Crippen LogP contribution in [-0.2, 0) is 0 Å². The third-order valence-electron chi connectivity index (χ3n) is 0.617. The topological polar surface area (TPSA) is 32.3 Å². The molecule has 2 heteroatoms. The van der Waals surface area contributed by atoms with Gasteiger partial charge in [-0.1, -0.05) is 0 Å². The molecule has 1 radical (unpaired) electrons. The zero-order valence-corrected chi connectivity index (χ0v) is 4.81. The van der Waals surface area contributed by atoms with Crippen molar-refractivity contribution in [1.82, 2.24) is 5.32 Å². The molecule has 43 valence electrons. The molecule has 2 N–H and O–H groups in total. The summed E-state index contributed by atoms with van der Waals surface area (Å²) in [6.07, 6.45) is -0.240. The van der Waals surface area contributed by atoms with Gasteiger partial charge in [-0.2, -0.15) is 0 Å². The van der Waals surface area contributed by atoms with E-state index in [2.05, 4.69) is 5.32 Å². The van der Waals surface area contributed by atoms with Gasteiger partial charge in [-0.05, 0) is 13.8 Å². The molecule has 0 rings (SSSR count). The predicted octanol–water partition coefficient (Wildman–Crippen LogP) is 0.138. The van der Waals surface area contributed by atoms with Crippen molar-refractivity contribution < 1.29 is 5.11 Å². The van der Waals surface area contributed by atoms with Crippen LogP contribution in [0, 0.1) is 6.54 Å². The second kappa shape index (κ2) is 4.09. The van der Waals surface area contributed by atoms with E-state index in [9.17, 15) is 0 Å². The van der Waals surface area contributed by atoms with E-state index in [1.165, 1.54) is 0 Å². The molecule has 0 aromatic heterocycles. The largest absolute Gasteiger partial charge is 0.392 e. The van der Waals surface area contributed by atoms with E-state index in [1.807, 2.05) is 13.5 Å². The zero-order chi connectivity index (χ0) is 5.70. The van der Waals surface area contributed by atoms with Crippen LogP contribution < -0.4 is 5.32 Å². The Morgan fingerprint density at radius 2 is 2.43 bits per heavy atom. The minimum absolute atomic E-state index is 0.240. The lowest BCUT2D eigenvalue weighted by Gasteiger charge is -2.01. The van der Waals surface area contributed by atoms with Crippen LogP contribution in [0.2, 0.25) is 0 Å². The first-order chi connectivity index (χ1) is 3.27. The number of aliphatic hydroxyl groups is 1. The standard InChI is InChI=1S/C5H12NO/c1-3-6-4-5(2)7/h3,5-7H,4H2,1-2H3. The zero-order valence-electron chi connectivity index (χ0n) is 4.81. The summed E-state index contributed by atoms with van der Waals surface area (Å²) >= 11 is 0. The van der Waals surface area contributed by atoms with Gasteiger partial charge in [-0.25, -0.2) is 0 Å². The number of hydrogen-bond acceptors (Lipinski definition) is 2. The molecule has 0 aromatic carbocycles. The Morgan fingerprint density at radius 3 is 2.57 bits per heavy atom. The fourth-order valence-electron chi connectivity index (χ4n) is 0.288. The van der Waals surface area contributed by atoms with Gasteiger partial charge in [-0.3, -0.25) is 0 Å². The van der Waals surface area contributed by atoms with Crippen molar-refractivity contribution in [3.63, 3.8) is 0 Å². The summed E-state index contributed by atoms with van der Waals surface area (Å²) < 4.78 is 0. The minimum atomic E-state index is -0.240. The van der Waals surface area contributed by atoms with Crippen LogP contribution in [0.1, 0.15) is 13.8 Å². The predicted molar refractivity (Wildman–Crippen MR) is 29.7 cm³/mol. The Labute approximate surface area is 44.5 Å². The number of rotatable bonds is 3. The van der Waals surface area contributed by atoms with Gasteiger partial charge >= 0.3 is 0 Å². The van der Waals surface area contributed by atoms with Crippen LogP contribution in [0.3, 0.4) is 0 Å². The Bertz CT molecular complexity index is 37.1. The summed E-state index contributed by atoms with van der Waals surface area (Å²) in [5, 5.41) is 11.5. The van der Waals surface area contributed by atoms with Crippen molar-refractivity contribution in [3.05, 3.63) is 6.54 Å². The summed E-state index contributed by atoms with van der Waals surface area (Å²) in [6, 6.07) is 0. The first-order valence-electron chi connectivity index (χ1n) is 2.46. The molecule has 0 aromatic rings. The molecular formula is C5H12NO. The second-order valence-corrected chi connectivity index (χ2v) is 1.55. The van der Waals surface area contributed by atoms with Crippen LogP contribution >= 0.6 is 0 Å². The third-order valence-corrected chi connectivity index (χ3v) is 0.617. The average Bonchev–Trinajstić information content (AvgIpc) is 1.61. The minimum Gasteiger partial charge on any atom is -0.392 e. The van der Waals surface area contributed by atoms with Gasteiger partial charge in [0.15, 0.2) is 0 Å². The van der Waals surface area contributed by atoms with Gasteiger partial charge in [0.1, 0.15) is 0 Å². The van der Waals surface area contributed by atoms with Gasteiger partial charge in [-0.15, -0.1) is 0 Å². The van der Waals surface area contributed by atoms with Crippen LogP contribution in [-0.4, -0.2) is 17.8 Å². The molecule has 0 heterocycles. The first-order valence-corrected chi connectivity index (χ1v) is 2.46. The van der Waals surface area contributed by atoms with Crippen molar-refractivity contribution in [3.8, 4) is 0 Å². The SMILES string of the molecule is C[CH]NCC(C)O. The highest BCUT2D eigenvalue weighted by Crippen LogP contribution is 1.73. The van der Waals surface area contributed by atoms with Crippen molar-refractivity contribution in [2.45, 2.75) is 20.0 Å². The maximum absolute atomic E-state index is 8.60. The maximum atomic E-state index is 8.60. The molecule has 7 heavy (non-hydrogen) atoms. The van der Waals surface area contributed by atoms with E-state index < -0.39 is 0 Å². The molecular weight excluding hydrogens is 90.1 g/mol. The van der Waals surface area contributed by atoms with Crippen molar-refractivity contribution >= 4 is 0 Å². The smallest absolute Gasteiger partial charge is 0.0636 e. The lowest BCUT2D eigenvalue weighted by molar-refractivity contribution is 0.194. The molecule has 0 fully saturated rings. The quantitative estimate of drug-likeness (QED) is 0.531. The fourth-order valence-corrected chi connectivity index (χ4v) is 0.288. The molecule has 1 unspecified atom stereocenters. The number of hydrogen-bond donors (Lipinski definition) is 2. The molecule has 0 amide bonds. The van der Waals surface area contributed by atoms with E-state index in [4.69, 9.17) is 5.11 Å². The van der Waals surface area contributed by atoms with E-state index in [1.54, 1.807) is 6.92 Å². The molecule has 0 aliphatic carbocycles. The molecule has 0 spiro atoms. The molecule has 0 saturated heterocycles. The highest BCUT2D eigenvalue weighted by Gasteiger charge is 1.88. The highest BCUT2D eigenvalue weighted by molar-refractivity contribution is 4.56. The Hall–Kier alpha value is -0.0800. The highest BCUT2D eigenvalue weighted by atomic mass is 16.3. The number of nitrogens with one attached hydrogen (secondary N) is 1. The van der Waals surface area contributed by atoms with Crippen molar-refractivity contribution in [1.29, 1.82) is 0 Å². The van der Waals surface area contributed by atoms with Crippen LogP contribution in [0.15, 0.2) is 0 Å². The molecule has 0 saturated carbocycles.